The van der Waals surface area contributed by atoms with Crippen molar-refractivity contribution in [1.82, 2.24) is 0 Å². The van der Waals surface area contributed by atoms with Gasteiger partial charge in [-0.25, -0.2) is 0 Å². The number of esters is 3. The maximum atomic E-state index is 12.8. The van der Waals surface area contributed by atoms with Crippen LogP contribution in [0.15, 0.2) is 48.6 Å². The Bertz CT molecular complexity index is 1140. The van der Waals surface area contributed by atoms with Crippen molar-refractivity contribution in [1.29, 1.82) is 0 Å². The molecule has 0 saturated heterocycles. The van der Waals surface area contributed by atoms with Crippen LogP contribution in [-0.2, 0) is 28.6 Å². The molecule has 0 aromatic carbocycles. The molecule has 378 valence electrons. The van der Waals surface area contributed by atoms with Gasteiger partial charge in [0.2, 0.25) is 0 Å². The number of carbonyl (C=O) groups excluding carboxylic acids is 3. The monoisotopic (exact) mass is 911 g/mol. The standard InChI is InChI=1S/C59H106O6/c1-4-7-10-13-16-19-22-24-26-28-29-31-32-34-37-40-43-46-49-52-58(61)64-55-56(54-63-57(60)51-48-45-42-39-36-21-18-15-12-9-6-3)65-59(62)53-50-47-44-41-38-35-33-30-27-25-23-20-17-14-11-8-5-2/h15,17-18,20,25,27,33,35,56H,4-14,16,19,21-24,26,28-32,34,36-55H2,1-3H3/b18-15-,20-17-,27-25-,35-33-/t56-/m1/s1. The average Bonchev–Trinajstić information content (AvgIpc) is 3.30. The maximum absolute atomic E-state index is 12.8. The summed E-state index contributed by atoms with van der Waals surface area (Å²) in [7, 11) is 0. The van der Waals surface area contributed by atoms with Gasteiger partial charge >= 0.3 is 17.9 Å². The number of ether oxygens (including phenoxy) is 3. The summed E-state index contributed by atoms with van der Waals surface area (Å²) in [6.45, 7) is 6.58. The summed E-state index contributed by atoms with van der Waals surface area (Å²) in [5.41, 5.74) is 0. The zero-order valence-electron chi connectivity index (χ0n) is 43.3. The van der Waals surface area contributed by atoms with Crippen molar-refractivity contribution in [3.63, 3.8) is 0 Å². The fraction of sp³-hybridized carbons (Fsp3) is 0.814. The molecule has 0 saturated carbocycles. The Labute approximate surface area is 403 Å². The first-order valence-electron chi connectivity index (χ1n) is 28.1. The van der Waals surface area contributed by atoms with Crippen molar-refractivity contribution in [2.24, 2.45) is 0 Å². The predicted octanol–water partition coefficient (Wildman–Crippen LogP) is 18.7. The Morgan fingerprint density at radius 2 is 0.569 bits per heavy atom. The van der Waals surface area contributed by atoms with E-state index in [-0.39, 0.29) is 31.1 Å². The van der Waals surface area contributed by atoms with Gasteiger partial charge in [0.05, 0.1) is 0 Å². The van der Waals surface area contributed by atoms with Crippen molar-refractivity contribution in [2.75, 3.05) is 13.2 Å². The van der Waals surface area contributed by atoms with Crippen LogP contribution >= 0.6 is 0 Å². The normalized spacial score (nSPS) is 12.4. The highest BCUT2D eigenvalue weighted by Crippen LogP contribution is 2.16. The summed E-state index contributed by atoms with van der Waals surface area (Å²) in [6, 6.07) is 0. The summed E-state index contributed by atoms with van der Waals surface area (Å²) >= 11 is 0. The van der Waals surface area contributed by atoms with E-state index in [0.29, 0.717) is 19.3 Å². The maximum Gasteiger partial charge on any atom is 0.306 e. The van der Waals surface area contributed by atoms with E-state index in [0.717, 1.165) is 89.9 Å². The van der Waals surface area contributed by atoms with Crippen molar-refractivity contribution >= 4 is 17.9 Å². The molecule has 0 unspecified atom stereocenters. The van der Waals surface area contributed by atoms with Crippen LogP contribution in [0.25, 0.3) is 0 Å². The summed E-state index contributed by atoms with van der Waals surface area (Å²) in [5, 5.41) is 0. The molecule has 6 nitrogen and oxygen atoms in total. The van der Waals surface area contributed by atoms with Gasteiger partial charge in [-0.1, -0.05) is 243 Å². The van der Waals surface area contributed by atoms with Gasteiger partial charge in [-0.2, -0.15) is 0 Å². The minimum atomic E-state index is -0.785. The van der Waals surface area contributed by atoms with Gasteiger partial charge in [0, 0.05) is 19.3 Å². The SMILES string of the molecule is CCCC/C=C\CCCCCCCC(=O)OC[C@H](COC(=O)CCCCCCCCCCCCCCCCCCCCC)OC(=O)CCCCCC/C=C\C/C=C\C/C=C\CCCCC. The number of allylic oxidation sites excluding steroid dienone is 8. The second kappa shape index (κ2) is 54.0. The van der Waals surface area contributed by atoms with Crippen LogP contribution < -0.4 is 0 Å². The minimum absolute atomic E-state index is 0.0822. The largest absolute Gasteiger partial charge is 0.462 e. The Kier molecular flexibility index (Phi) is 51.8. The second-order valence-corrected chi connectivity index (χ2v) is 18.8. The van der Waals surface area contributed by atoms with Crippen LogP contribution in [0, 0.1) is 0 Å². The molecule has 0 spiro atoms. The molecule has 0 aromatic rings. The molecule has 6 heteroatoms. The topological polar surface area (TPSA) is 78.9 Å². The van der Waals surface area contributed by atoms with Crippen LogP contribution in [0.5, 0.6) is 0 Å². The lowest BCUT2D eigenvalue weighted by Gasteiger charge is -2.18. The zero-order valence-corrected chi connectivity index (χ0v) is 43.3. The molecule has 0 aliphatic rings. The number of unbranched alkanes of at least 4 members (excludes halogenated alkanes) is 32. The lowest BCUT2D eigenvalue weighted by molar-refractivity contribution is -0.167. The molecule has 0 amide bonds. The van der Waals surface area contributed by atoms with Crippen LogP contribution in [0.1, 0.15) is 290 Å². The van der Waals surface area contributed by atoms with E-state index in [4.69, 9.17) is 14.2 Å². The van der Waals surface area contributed by atoms with Crippen molar-refractivity contribution < 1.29 is 28.6 Å². The fourth-order valence-electron chi connectivity index (χ4n) is 8.02. The number of hydrogen-bond acceptors (Lipinski definition) is 6. The van der Waals surface area contributed by atoms with E-state index < -0.39 is 6.10 Å². The lowest BCUT2D eigenvalue weighted by Crippen LogP contribution is -2.30. The first-order chi connectivity index (χ1) is 32.0. The molecular formula is C59H106O6. The number of carbonyl (C=O) groups is 3. The third-order valence-electron chi connectivity index (χ3n) is 12.3. The van der Waals surface area contributed by atoms with Crippen LogP contribution in [-0.4, -0.2) is 37.2 Å². The highest BCUT2D eigenvalue weighted by molar-refractivity contribution is 5.71. The Morgan fingerprint density at radius 3 is 0.954 bits per heavy atom. The Balaban J connectivity index is 4.34. The van der Waals surface area contributed by atoms with E-state index >= 15 is 0 Å². The van der Waals surface area contributed by atoms with Gasteiger partial charge in [-0.3, -0.25) is 14.4 Å². The molecule has 0 N–H and O–H groups in total. The third kappa shape index (κ3) is 52.2. The quantitative estimate of drug-likeness (QED) is 0.0262. The zero-order chi connectivity index (χ0) is 47.2. The van der Waals surface area contributed by atoms with Crippen LogP contribution in [0.2, 0.25) is 0 Å². The van der Waals surface area contributed by atoms with E-state index in [1.807, 2.05) is 0 Å². The van der Waals surface area contributed by atoms with Gasteiger partial charge in [0.15, 0.2) is 6.10 Å². The van der Waals surface area contributed by atoms with Crippen molar-refractivity contribution in [3.8, 4) is 0 Å². The van der Waals surface area contributed by atoms with Crippen molar-refractivity contribution in [2.45, 2.75) is 297 Å². The molecule has 0 heterocycles. The molecule has 0 rings (SSSR count). The smallest absolute Gasteiger partial charge is 0.306 e. The summed E-state index contributed by atoms with van der Waals surface area (Å²) in [4.78, 5) is 38.0. The van der Waals surface area contributed by atoms with Gasteiger partial charge < -0.3 is 14.2 Å². The third-order valence-corrected chi connectivity index (χ3v) is 12.3. The predicted molar refractivity (Wildman–Crippen MR) is 279 cm³/mol. The van der Waals surface area contributed by atoms with E-state index in [1.54, 1.807) is 0 Å². The molecule has 65 heavy (non-hydrogen) atoms. The van der Waals surface area contributed by atoms with E-state index in [2.05, 4.69) is 69.4 Å². The van der Waals surface area contributed by atoms with Crippen molar-refractivity contribution in [3.05, 3.63) is 48.6 Å². The lowest BCUT2D eigenvalue weighted by atomic mass is 10.0. The average molecular weight is 911 g/mol. The molecule has 0 aromatic heterocycles. The summed E-state index contributed by atoms with van der Waals surface area (Å²) < 4.78 is 16.8. The molecule has 0 bridgehead atoms. The second-order valence-electron chi connectivity index (χ2n) is 18.8. The number of hydrogen-bond donors (Lipinski definition) is 0. The van der Waals surface area contributed by atoms with Gasteiger partial charge in [-0.15, -0.1) is 0 Å². The van der Waals surface area contributed by atoms with Crippen LogP contribution in [0.4, 0.5) is 0 Å². The summed E-state index contributed by atoms with van der Waals surface area (Å²) in [5.74, 6) is -0.902. The molecule has 0 radical (unpaired) electrons. The van der Waals surface area contributed by atoms with Gasteiger partial charge in [0.25, 0.3) is 0 Å². The fourth-order valence-corrected chi connectivity index (χ4v) is 8.02. The molecule has 0 aliphatic carbocycles. The molecular weight excluding hydrogens is 805 g/mol. The Morgan fingerprint density at radius 1 is 0.308 bits per heavy atom. The number of rotatable bonds is 51. The first-order valence-corrected chi connectivity index (χ1v) is 28.1. The minimum Gasteiger partial charge on any atom is -0.462 e. The highest BCUT2D eigenvalue weighted by atomic mass is 16.6. The molecule has 0 aliphatic heterocycles. The van der Waals surface area contributed by atoms with Gasteiger partial charge in [-0.05, 0) is 77.0 Å². The summed E-state index contributed by atoms with van der Waals surface area (Å²) in [6.07, 6.45) is 65.3. The van der Waals surface area contributed by atoms with Gasteiger partial charge in [0.1, 0.15) is 13.2 Å². The molecule has 1 atom stereocenters. The van der Waals surface area contributed by atoms with Crippen LogP contribution in [0.3, 0.4) is 0 Å². The van der Waals surface area contributed by atoms with E-state index in [1.165, 1.54) is 161 Å². The first kappa shape index (κ1) is 62.4. The Hall–Kier alpha value is -2.63. The highest BCUT2D eigenvalue weighted by Gasteiger charge is 2.19. The molecule has 0 fully saturated rings. The van der Waals surface area contributed by atoms with E-state index in [9.17, 15) is 14.4 Å².